The molecule has 1 heterocycles. The Morgan fingerprint density at radius 3 is 1.85 bits per heavy atom. The van der Waals surface area contributed by atoms with Gasteiger partial charge in [-0.1, -0.05) is 66.7 Å². The third-order valence-electron chi connectivity index (χ3n) is 4.49. The van der Waals surface area contributed by atoms with Gasteiger partial charge in [0.15, 0.2) is 0 Å². The summed E-state index contributed by atoms with van der Waals surface area (Å²) in [7, 11) is 0. The number of nitrogens with zero attached hydrogens (tertiary/aromatic N) is 1. The number of aliphatic hydroxyl groups excluding tert-OH is 1. The van der Waals surface area contributed by atoms with Crippen molar-refractivity contribution in [2.45, 2.75) is 12.5 Å². The quantitative estimate of drug-likeness (QED) is 0.667. The molecule has 3 aromatic rings. The van der Waals surface area contributed by atoms with Crippen molar-refractivity contribution in [3.63, 3.8) is 0 Å². The van der Waals surface area contributed by atoms with E-state index in [1.54, 1.807) is 0 Å². The van der Waals surface area contributed by atoms with Gasteiger partial charge < -0.3 is 15.7 Å². The largest absolute Gasteiger partial charge is 0.394 e. The monoisotopic (exact) mass is 343 g/mol. The van der Waals surface area contributed by atoms with Crippen LogP contribution in [0.1, 0.15) is 5.56 Å². The molecule has 1 aliphatic heterocycles. The van der Waals surface area contributed by atoms with Crippen LogP contribution in [0.25, 0.3) is 11.1 Å². The minimum absolute atomic E-state index is 0.00888. The van der Waals surface area contributed by atoms with Gasteiger partial charge in [0.1, 0.15) is 0 Å². The summed E-state index contributed by atoms with van der Waals surface area (Å²) < 4.78 is 0. The number of anilines is 2. The molecular weight excluding hydrogens is 322 g/mol. The number of hydrogen-bond acceptors (Lipinski definition) is 2. The number of para-hydroxylation sites is 2. The van der Waals surface area contributed by atoms with E-state index in [2.05, 4.69) is 34.9 Å². The van der Waals surface area contributed by atoms with E-state index < -0.39 is 0 Å². The van der Waals surface area contributed by atoms with Gasteiger partial charge in [-0.3, -0.25) is 0 Å². The highest BCUT2D eigenvalue weighted by Gasteiger charge is 2.17. The van der Waals surface area contributed by atoms with Gasteiger partial charge in [0, 0.05) is 22.5 Å². The zero-order valence-electron chi connectivity index (χ0n) is 14.4. The fourth-order valence-electron chi connectivity index (χ4n) is 3.22. The first kappa shape index (κ1) is 16.4. The van der Waals surface area contributed by atoms with Gasteiger partial charge in [-0.15, -0.1) is 0 Å². The van der Waals surface area contributed by atoms with Crippen molar-refractivity contribution in [3.05, 3.63) is 84.4 Å². The molecule has 1 atom stereocenters. The number of guanidine groups is 1. The molecule has 3 N–H and O–H groups in total. The summed E-state index contributed by atoms with van der Waals surface area (Å²) in [6.07, 6.45) is 0.688. The average molecular weight is 343 g/mol. The van der Waals surface area contributed by atoms with Crippen LogP contribution in [0, 0.1) is 0 Å². The van der Waals surface area contributed by atoms with Crippen LogP contribution in [0.3, 0.4) is 0 Å². The van der Waals surface area contributed by atoms with Crippen molar-refractivity contribution < 1.29 is 5.11 Å². The topological polar surface area (TPSA) is 56.7 Å². The maximum absolute atomic E-state index is 9.82. The zero-order valence-corrected chi connectivity index (χ0v) is 14.4. The molecule has 4 rings (SSSR count). The lowest BCUT2D eigenvalue weighted by Gasteiger charge is -2.15. The average Bonchev–Trinajstić information content (AvgIpc) is 2.84. The van der Waals surface area contributed by atoms with Gasteiger partial charge in [0.2, 0.25) is 5.96 Å². The van der Waals surface area contributed by atoms with Crippen LogP contribution in [-0.4, -0.2) is 23.7 Å². The Labute approximate surface area is 153 Å². The second-order valence-electron chi connectivity index (χ2n) is 6.34. The maximum Gasteiger partial charge on any atom is 0.200 e. The Kier molecular flexibility index (Phi) is 4.67. The highest BCUT2D eigenvalue weighted by atomic mass is 16.3. The Hall–Kier alpha value is -3.11. The number of rotatable bonds is 4. The first-order valence-electron chi connectivity index (χ1n) is 8.78. The van der Waals surface area contributed by atoms with E-state index in [0.717, 1.165) is 28.1 Å². The van der Waals surface area contributed by atoms with Crippen molar-refractivity contribution in [3.8, 4) is 11.1 Å². The Bertz CT molecular complexity index is 872. The molecule has 0 aromatic heterocycles. The minimum atomic E-state index is -0.218. The van der Waals surface area contributed by atoms with Crippen LogP contribution in [0.5, 0.6) is 0 Å². The van der Waals surface area contributed by atoms with Crippen molar-refractivity contribution in [1.29, 1.82) is 0 Å². The third kappa shape index (κ3) is 3.46. The molecule has 0 aliphatic carbocycles. The van der Waals surface area contributed by atoms with E-state index in [0.29, 0.717) is 12.4 Å². The van der Waals surface area contributed by atoms with E-state index in [9.17, 15) is 5.11 Å². The highest BCUT2D eigenvalue weighted by molar-refractivity contribution is 6.11. The lowest BCUT2D eigenvalue weighted by atomic mass is 10.0. The molecule has 0 saturated carbocycles. The normalized spacial score (nSPS) is 13.5. The summed E-state index contributed by atoms with van der Waals surface area (Å²) >= 11 is 0. The van der Waals surface area contributed by atoms with E-state index in [1.807, 2.05) is 54.6 Å². The summed E-state index contributed by atoms with van der Waals surface area (Å²) in [6.45, 7) is -0.00888. The van der Waals surface area contributed by atoms with Crippen molar-refractivity contribution >= 4 is 17.3 Å². The Balaban J connectivity index is 1.68. The molecule has 0 fully saturated rings. The number of aliphatic hydroxyl groups is 1. The fraction of sp³-hybridized carbons (Fsp3) is 0.136. The lowest BCUT2D eigenvalue weighted by Crippen LogP contribution is -2.26. The number of hydrogen-bond donors (Lipinski definition) is 3. The zero-order chi connectivity index (χ0) is 17.8. The van der Waals surface area contributed by atoms with Crippen LogP contribution in [0.2, 0.25) is 0 Å². The van der Waals surface area contributed by atoms with E-state index >= 15 is 0 Å². The van der Waals surface area contributed by atoms with Crippen molar-refractivity contribution in [1.82, 2.24) is 0 Å². The van der Waals surface area contributed by atoms with Crippen molar-refractivity contribution in [2.24, 2.45) is 4.99 Å². The molecule has 130 valence electrons. The standard InChI is InChI=1S/C22H21N3O/c26-15-17(14-16-8-2-1-3-9-16)23-22-24-20-12-6-4-10-18(20)19-11-5-7-13-21(19)25-22/h1-13,17,26H,14-15H2,(H2,23,24,25)/t17-/m1/s1. The van der Waals surface area contributed by atoms with E-state index in [1.165, 1.54) is 0 Å². The molecule has 0 spiro atoms. The fourth-order valence-corrected chi connectivity index (χ4v) is 3.22. The van der Waals surface area contributed by atoms with E-state index in [4.69, 9.17) is 4.99 Å². The van der Waals surface area contributed by atoms with Gasteiger partial charge in [0.25, 0.3) is 0 Å². The first-order valence-corrected chi connectivity index (χ1v) is 8.78. The molecule has 0 bridgehead atoms. The van der Waals surface area contributed by atoms with Gasteiger partial charge in [-0.25, -0.2) is 4.99 Å². The summed E-state index contributed by atoms with van der Waals surface area (Å²) in [5.74, 6) is 0.650. The number of benzene rings is 3. The second-order valence-corrected chi connectivity index (χ2v) is 6.34. The van der Waals surface area contributed by atoms with Gasteiger partial charge in [0.05, 0.1) is 12.6 Å². The Morgan fingerprint density at radius 2 is 1.27 bits per heavy atom. The summed E-state index contributed by atoms with van der Waals surface area (Å²) in [5, 5.41) is 16.6. The SMILES string of the molecule is OC[C@@H](Cc1ccccc1)N=C1Nc2ccccc2-c2ccccc2N1. The summed E-state index contributed by atoms with van der Waals surface area (Å²) in [4.78, 5) is 4.75. The molecule has 1 aliphatic rings. The van der Waals surface area contributed by atoms with Gasteiger partial charge >= 0.3 is 0 Å². The van der Waals surface area contributed by atoms with Crippen LogP contribution >= 0.6 is 0 Å². The number of fused-ring (bicyclic) bond motifs is 3. The molecule has 4 nitrogen and oxygen atoms in total. The molecular formula is C22H21N3O. The summed E-state index contributed by atoms with van der Waals surface area (Å²) in [6, 6.07) is 26.3. The molecule has 0 amide bonds. The van der Waals surface area contributed by atoms with Gasteiger partial charge in [-0.2, -0.15) is 0 Å². The molecule has 26 heavy (non-hydrogen) atoms. The smallest absolute Gasteiger partial charge is 0.200 e. The Morgan fingerprint density at radius 1 is 0.731 bits per heavy atom. The molecule has 0 unspecified atom stereocenters. The second kappa shape index (κ2) is 7.42. The molecule has 4 heteroatoms. The van der Waals surface area contributed by atoms with Crippen LogP contribution < -0.4 is 10.6 Å². The van der Waals surface area contributed by atoms with Crippen LogP contribution in [-0.2, 0) is 6.42 Å². The molecule has 0 saturated heterocycles. The molecule has 0 radical (unpaired) electrons. The van der Waals surface area contributed by atoms with Crippen LogP contribution in [0.15, 0.2) is 83.9 Å². The predicted octanol–water partition coefficient (Wildman–Crippen LogP) is 4.15. The maximum atomic E-state index is 9.82. The van der Waals surface area contributed by atoms with Crippen LogP contribution in [0.4, 0.5) is 11.4 Å². The third-order valence-corrected chi connectivity index (χ3v) is 4.49. The van der Waals surface area contributed by atoms with Gasteiger partial charge in [-0.05, 0) is 24.1 Å². The first-order chi connectivity index (χ1) is 12.8. The highest BCUT2D eigenvalue weighted by Crippen LogP contribution is 2.35. The minimum Gasteiger partial charge on any atom is -0.394 e. The number of nitrogens with one attached hydrogen (secondary N) is 2. The van der Waals surface area contributed by atoms with E-state index in [-0.39, 0.29) is 12.6 Å². The predicted molar refractivity (Wildman–Crippen MR) is 108 cm³/mol. The molecule has 3 aromatic carbocycles. The number of aliphatic imine (C=N–C) groups is 1. The van der Waals surface area contributed by atoms with Crippen molar-refractivity contribution in [2.75, 3.05) is 17.2 Å². The lowest BCUT2D eigenvalue weighted by molar-refractivity contribution is 0.266. The summed E-state index contributed by atoms with van der Waals surface area (Å²) in [5.41, 5.74) is 5.42.